The van der Waals surface area contributed by atoms with Crippen LogP contribution in [-0.4, -0.2) is 56.8 Å². The molecule has 35 heavy (non-hydrogen) atoms. The Bertz CT molecular complexity index is 1270. The van der Waals surface area contributed by atoms with Crippen molar-refractivity contribution < 1.29 is 19.6 Å². The molecule has 8 nitrogen and oxygen atoms in total. The Labute approximate surface area is 211 Å². The van der Waals surface area contributed by atoms with Crippen LogP contribution < -0.4 is 5.48 Å². The summed E-state index contributed by atoms with van der Waals surface area (Å²) in [6.45, 7) is 0.574. The van der Waals surface area contributed by atoms with Crippen molar-refractivity contribution >= 4 is 51.6 Å². The zero-order valence-corrected chi connectivity index (χ0v) is 20.7. The molecular weight excluding hydrogens is 488 g/mol. The largest absolute Gasteiger partial charge is 0.356 e. The van der Waals surface area contributed by atoms with Crippen molar-refractivity contribution in [2.75, 3.05) is 13.1 Å². The second kappa shape index (κ2) is 10.0. The molecule has 10 heteroatoms. The van der Waals surface area contributed by atoms with Gasteiger partial charge >= 0.3 is 0 Å². The highest BCUT2D eigenvalue weighted by atomic mass is 35.5. The van der Waals surface area contributed by atoms with Crippen LogP contribution in [0.5, 0.6) is 0 Å². The number of hydrogen-bond acceptors (Lipinski definition) is 5. The molecule has 3 amide bonds. The minimum absolute atomic E-state index is 0.0205. The van der Waals surface area contributed by atoms with Crippen LogP contribution in [0.4, 0.5) is 0 Å². The second-order valence-electron chi connectivity index (χ2n) is 9.09. The van der Waals surface area contributed by atoms with Gasteiger partial charge in [0, 0.05) is 40.9 Å². The van der Waals surface area contributed by atoms with Gasteiger partial charge in [0.05, 0.1) is 10.9 Å². The van der Waals surface area contributed by atoms with Crippen LogP contribution in [0.15, 0.2) is 36.4 Å². The molecule has 3 aromatic rings. The number of hydrogen-bond donors (Lipinski definition) is 3. The fourth-order valence-electron chi connectivity index (χ4n) is 5.28. The number of benzene rings is 1. The summed E-state index contributed by atoms with van der Waals surface area (Å²) in [5, 5.41) is 9.65. The first kappa shape index (κ1) is 23.8. The summed E-state index contributed by atoms with van der Waals surface area (Å²) in [5.74, 6) is -0.474. The average Bonchev–Trinajstić information content (AvgIpc) is 3.45. The van der Waals surface area contributed by atoms with Crippen molar-refractivity contribution in [1.82, 2.24) is 20.3 Å². The Morgan fingerprint density at radius 2 is 1.94 bits per heavy atom. The van der Waals surface area contributed by atoms with Gasteiger partial charge in [-0.3, -0.25) is 19.6 Å². The van der Waals surface area contributed by atoms with E-state index < -0.39 is 11.9 Å². The number of aromatic amines is 1. The fourth-order valence-corrected chi connectivity index (χ4v) is 6.45. The Morgan fingerprint density at radius 3 is 2.71 bits per heavy atom. The summed E-state index contributed by atoms with van der Waals surface area (Å²) in [6, 6.07) is 10.9. The van der Waals surface area contributed by atoms with Gasteiger partial charge in [-0.2, -0.15) is 0 Å². The van der Waals surface area contributed by atoms with Crippen LogP contribution in [-0.2, 0) is 20.8 Å². The van der Waals surface area contributed by atoms with Crippen molar-refractivity contribution in [3.8, 4) is 0 Å². The number of piperazine rings is 1. The van der Waals surface area contributed by atoms with Gasteiger partial charge in [0.25, 0.3) is 0 Å². The molecule has 0 saturated carbocycles. The van der Waals surface area contributed by atoms with E-state index in [0.717, 1.165) is 46.3 Å². The maximum atomic E-state index is 13.6. The van der Waals surface area contributed by atoms with Gasteiger partial charge in [-0.15, -0.1) is 11.3 Å². The predicted octanol–water partition coefficient (Wildman–Crippen LogP) is 4.02. The lowest BCUT2D eigenvalue weighted by molar-refractivity contribution is -0.158. The Hall–Kier alpha value is -2.88. The van der Waals surface area contributed by atoms with Crippen LogP contribution in [0, 0.1) is 0 Å². The van der Waals surface area contributed by atoms with Crippen LogP contribution in [0.1, 0.15) is 54.3 Å². The van der Waals surface area contributed by atoms with Crippen LogP contribution in [0.3, 0.4) is 0 Å². The van der Waals surface area contributed by atoms with Gasteiger partial charge in [-0.25, -0.2) is 5.48 Å². The summed E-state index contributed by atoms with van der Waals surface area (Å²) >= 11 is 7.70. The summed E-state index contributed by atoms with van der Waals surface area (Å²) in [4.78, 5) is 46.1. The number of hydroxylamine groups is 1. The molecule has 1 saturated heterocycles. The zero-order valence-electron chi connectivity index (χ0n) is 19.1. The number of thiophene rings is 1. The number of unbranched alkanes of at least 4 members (excludes halogenated alkanes) is 3. The first-order valence-electron chi connectivity index (χ1n) is 11.9. The Morgan fingerprint density at radius 1 is 1.14 bits per heavy atom. The highest BCUT2D eigenvalue weighted by molar-refractivity contribution is 7.16. The molecular formula is C25H27ClN4O4S. The number of carbonyl (C=O) groups is 3. The fraction of sp³-hybridized carbons (Fsp3) is 0.400. The highest BCUT2D eigenvalue weighted by Crippen LogP contribution is 2.44. The van der Waals surface area contributed by atoms with Gasteiger partial charge in [0.1, 0.15) is 12.1 Å². The first-order valence-corrected chi connectivity index (χ1v) is 13.0. The number of amides is 3. The second-order valence-corrected chi connectivity index (χ2v) is 10.8. The molecule has 1 aromatic carbocycles. The topological polar surface area (TPSA) is 106 Å². The van der Waals surface area contributed by atoms with Crippen molar-refractivity contribution in [2.45, 2.75) is 50.6 Å². The van der Waals surface area contributed by atoms with E-state index in [1.807, 2.05) is 30.3 Å². The Balaban J connectivity index is 1.37. The molecule has 3 N–H and O–H groups in total. The first-order chi connectivity index (χ1) is 17.0. The molecule has 2 aliphatic heterocycles. The molecule has 2 aliphatic rings. The average molecular weight is 515 g/mol. The van der Waals surface area contributed by atoms with Gasteiger partial charge in [-0.05, 0) is 36.6 Å². The smallest absolute Gasteiger partial charge is 0.246 e. The SMILES string of the molecule is O=C(CCCCCCN1CC(=O)N2[C@@H](c3ccc(Cl)s3)c3[nH]c4ccccc4c3C[C@H]2C1=O)NO. The lowest BCUT2D eigenvalue weighted by Crippen LogP contribution is -2.63. The highest BCUT2D eigenvalue weighted by Gasteiger charge is 2.48. The van der Waals surface area contributed by atoms with E-state index in [0.29, 0.717) is 23.7 Å². The lowest BCUT2D eigenvalue weighted by atomic mass is 9.88. The maximum absolute atomic E-state index is 13.6. The van der Waals surface area contributed by atoms with Crippen molar-refractivity contribution in [2.24, 2.45) is 0 Å². The normalized spacial score (nSPS) is 19.7. The number of aromatic nitrogens is 1. The van der Waals surface area contributed by atoms with Crippen LogP contribution in [0.25, 0.3) is 10.9 Å². The van der Waals surface area contributed by atoms with E-state index in [1.165, 1.54) is 11.3 Å². The lowest BCUT2D eigenvalue weighted by Gasteiger charge is -2.46. The molecule has 1 fully saturated rings. The number of rotatable bonds is 8. The van der Waals surface area contributed by atoms with Crippen molar-refractivity contribution in [1.29, 1.82) is 0 Å². The third-order valence-electron chi connectivity index (χ3n) is 6.91. The summed E-state index contributed by atoms with van der Waals surface area (Å²) in [6.07, 6.45) is 3.84. The molecule has 184 valence electrons. The molecule has 2 atom stereocenters. The Kier molecular flexibility index (Phi) is 6.82. The molecule has 0 unspecified atom stereocenters. The molecule has 5 rings (SSSR count). The molecule has 0 aliphatic carbocycles. The number of halogens is 1. The maximum Gasteiger partial charge on any atom is 0.246 e. The van der Waals surface area contributed by atoms with E-state index in [9.17, 15) is 14.4 Å². The summed E-state index contributed by atoms with van der Waals surface area (Å²) in [5.41, 5.74) is 4.68. The standard InChI is InChI=1S/C25H27ClN4O4S/c26-20-11-10-19(35-20)24-23-16(15-7-4-5-8-17(15)27-23)13-18-25(33)29(14-22(32)30(18)24)12-6-2-1-3-9-21(31)28-34/h4-5,7-8,10-11,18,24,27,34H,1-3,6,9,12-14H2,(H,28,31)/t18-,24-/m0/s1. The van der Waals surface area contributed by atoms with Crippen LogP contribution >= 0.6 is 22.9 Å². The number of nitrogens with zero attached hydrogens (tertiary/aromatic N) is 2. The van der Waals surface area contributed by atoms with Crippen molar-refractivity contribution in [3.63, 3.8) is 0 Å². The zero-order chi connectivity index (χ0) is 24.5. The molecule has 0 bridgehead atoms. The van der Waals surface area contributed by atoms with E-state index >= 15 is 0 Å². The monoisotopic (exact) mass is 514 g/mol. The number of H-pyrrole nitrogens is 1. The molecule has 0 radical (unpaired) electrons. The molecule has 0 spiro atoms. The third-order valence-corrected chi connectivity index (χ3v) is 8.20. The molecule has 2 aromatic heterocycles. The minimum Gasteiger partial charge on any atom is -0.356 e. The number of carbonyl (C=O) groups excluding carboxylic acids is 3. The molecule has 4 heterocycles. The minimum atomic E-state index is -0.554. The quantitative estimate of drug-likeness (QED) is 0.240. The van der Waals surface area contributed by atoms with Gasteiger partial charge in [-0.1, -0.05) is 42.6 Å². The van der Waals surface area contributed by atoms with E-state index in [4.69, 9.17) is 16.8 Å². The van der Waals surface area contributed by atoms with Crippen molar-refractivity contribution in [3.05, 3.63) is 56.9 Å². The van der Waals surface area contributed by atoms with E-state index in [1.54, 1.807) is 15.3 Å². The number of fused-ring (bicyclic) bond motifs is 4. The van der Waals surface area contributed by atoms with Gasteiger partial charge in [0.2, 0.25) is 17.7 Å². The van der Waals surface area contributed by atoms with E-state index in [2.05, 4.69) is 11.1 Å². The van der Waals surface area contributed by atoms with Gasteiger partial charge in [0.15, 0.2) is 0 Å². The van der Waals surface area contributed by atoms with Crippen LogP contribution in [0.2, 0.25) is 4.34 Å². The number of nitrogens with one attached hydrogen (secondary N) is 2. The summed E-state index contributed by atoms with van der Waals surface area (Å²) < 4.78 is 0.647. The predicted molar refractivity (Wildman–Crippen MR) is 133 cm³/mol. The number of para-hydroxylation sites is 1. The van der Waals surface area contributed by atoms with E-state index in [-0.39, 0.29) is 30.8 Å². The third kappa shape index (κ3) is 4.55. The van der Waals surface area contributed by atoms with Gasteiger partial charge < -0.3 is 14.8 Å². The summed E-state index contributed by atoms with van der Waals surface area (Å²) in [7, 11) is 0.